The number of carbonyl (C=O) groups excluding carboxylic acids is 3. The van der Waals surface area contributed by atoms with Crippen LogP contribution in [-0.4, -0.2) is 87.2 Å². The topological polar surface area (TPSA) is 97.4 Å². The van der Waals surface area contributed by atoms with Crippen LogP contribution < -0.4 is 10.1 Å². The highest BCUT2D eigenvalue weighted by atomic mass is 16.5. The van der Waals surface area contributed by atoms with Gasteiger partial charge in [-0.1, -0.05) is 19.8 Å². The first-order valence-corrected chi connectivity index (χ1v) is 12.4. The molecule has 1 fully saturated rings. The third-order valence-corrected chi connectivity index (χ3v) is 6.99. The number of carbonyl (C=O) groups is 3. The number of amides is 3. The third kappa shape index (κ3) is 6.73. The largest absolute Gasteiger partial charge is 0.491 e. The molecule has 0 unspecified atom stereocenters. The highest BCUT2D eigenvalue weighted by Crippen LogP contribution is 2.30. The fourth-order valence-corrected chi connectivity index (χ4v) is 4.89. The van der Waals surface area contributed by atoms with Crippen molar-refractivity contribution >= 4 is 23.4 Å². The van der Waals surface area contributed by atoms with E-state index >= 15 is 0 Å². The molecule has 9 nitrogen and oxygen atoms in total. The maximum absolute atomic E-state index is 13.5. The number of rotatable bonds is 5. The molecule has 0 aromatic heterocycles. The van der Waals surface area contributed by atoms with E-state index in [1.165, 1.54) is 7.11 Å². The molecule has 1 saturated carbocycles. The number of anilines is 1. The highest BCUT2D eigenvalue weighted by molar-refractivity contribution is 5.98. The number of nitrogens with one attached hydrogen (secondary N) is 1. The second kappa shape index (κ2) is 12.4. The van der Waals surface area contributed by atoms with Crippen LogP contribution in [0.5, 0.6) is 5.75 Å². The first kappa shape index (κ1) is 26.9. The molecule has 1 aliphatic heterocycles. The van der Waals surface area contributed by atoms with Crippen LogP contribution in [0, 0.1) is 11.8 Å². The molecule has 1 aliphatic carbocycles. The molecule has 1 N–H and O–H groups in total. The zero-order valence-electron chi connectivity index (χ0n) is 21.5. The number of benzene rings is 1. The van der Waals surface area contributed by atoms with Crippen molar-refractivity contribution in [2.75, 3.05) is 52.9 Å². The zero-order valence-corrected chi connectivity index (χ0v) is 21.5. The molecule has 194 valence electrons. The van der Waals surface area contributed by atoms with E-state index in [1.54, 1.807) is 37.3 Å². The van der Waals surface area contributed by atoms with E-state index in [-0.39, 0.29) is 54.9 Å². The Hall–Kier alpha value is -2.65. The first-order chi connectivity index (χ1) is 16.7. The second-order valence-electron chi connectivity index (χ2n) is 9.76. The van der Waals surface area contributed by atoms with Crippen molar-refractivity contribution in [3.8, 4) is 5.75 Å². The second-order valence-corrected chi connectivity index (χ2v) is 9.76. The molecule has 0 saturated heterocycles. The van der Waals surface area contributed by atoms with E-state index in [1.807, 2.05) is 11.8 Å². The Balaban J connectivity index is 1.93. The molecule has 1 aromatic rings. The molecule has 0 spiro atoms. The molecule has 3 rings (SSSR count). The van der Waals surface area contributed by atoms with Gasteiger partial charge in [0.05, 0.1) is 17.7 Å². The lowest BCUT2D eigenvalue weighted by atomic mass is 9.99. The van der Waals surface area contributed by atoms with Crippen molar-refractivity contribution in [3.05, 3.63) is 23.8 Å². The summed E-state index contributed by atoms with van der Waals surface area (Å²) >= 11 is 0. The lowest BCUT2D eigenvalue weighted by Crippen LogP contribution is -2.50. The van der Waals surface area contributed by atoms with E-state index in [4.69, 9.17) is 14.2 Å². The summed E-state index contributed by atoms with van der Waals surface area (Å²) in [5.74, 6) is 0.110. The van der Waals surface area contributed by atoms with Crippen LogP contribution in [0.2, 0.25) is 0 Å². The smallest absolute Gasteiger partial charge is 0.257 e. The van der Waals surface area contributed by atoms with Gasteiger partial charge in [-0.3, -0.25) is 14.4 Å². The molecule has 2 aliphatic rings. The molecule has 3 atom stereocenters. The van der Waals surface area contributed by atoms with Crippen LogP contribution in [0.25, 0.3) is 0 Å². The van der Waals surface area contributed by atoms with E-state index in [2.05, 4.69) is 12.2 Å². The summed E-state index contributed by atoms with van der Waals surface area (Å²) in [6.07, 6.45) is 3.80. The minimum absolute atomic E-state index is 0.0281. The Morgan fingerprint density at radius 1 is 1.14 bits per heavy atom. The normalized spacial score (nSPS) is 24.3. The van der Waals surface area contributed by atoms with Gasteiger partial charge in [-0.25, -0.2) is 0 Å². The van der Waals surface area contributed by atoms with Gasteiger partial charge in [0.15, 0.2) is 0 Å². The average molecular weight is 490 g/mol. The minimum Gasteiger partial charge on any atom is -0.491 e. The van der Waals surface area contributed by atoms with Crippen LogP contribution in [0.15, 0.2) is 18.2 Å². The lowest BCUT2D eigenvalue weighted by molar-refractivity contribution is -0.139. The average Bonchev–Trinajstić information content (AvgIpc) is 3.38. The number of nitrogens with zero attached hydrogens (tertiary/aromatic N) is 2. The Bertz CT molecular complexity index is 901. The third-order valence-electron chi connectivity index (χ3n) is 6.99. The Kier molecular flexibility index (Phi) is 9.51. The van der Waals surface area contributed by atoms with Gasteiger partial charge >= 0.3 is 0 Å². The molecule has 9 heteroatoms. The SMILES string of the molecule is COCC(=O)Nc1ccc2c(c1)OC[C@H](C)N(C(=O)C1CCCC1)C[C@@H](C)[C@@H](OC)CN(C)C2=O. The van der Waals surface area contributed by atoms with Crippen molar-refractivity contribution in [2.24, 2.45) is 11.8 Å². The Labute approximate surface area is 208 Å². The summed E-state index contributed by atoms with van der Waals surface area (Å²) < 4.78 is 16.8. The predicted molar refractivity (Wildman–Crippen MR) is 132 cm³/mol. The maximum Gasteiger partial charge on any atom is 0.257 e. The van der Waals surface area contributed by atoms with Crippen molar-refractivity contribution in [1.82, 2.24) is 9.80 Å². The number of methoxy groups -OCH3 is 2. The summed E-state index contributed by atoms with van der Waals surface area (Å²) in [4.78, 5) is 42.3. The fourth-order valence-electron chi connectivity index (χ4n) is 4.89. The van der Waals surface area contributed by atoms with Gasteiger partial charge in [0.25, 0.3) is 5.91 Å². The summed E-state index contributed by atoms with van der Waals surface area (Å²) in [5.41, 5.74) is 0.893. The Morgan fingerprint density at radius 3 is 2.51 bits per heavy atom. The number of fused-ring (bicyclic) bond motifs is 1. The summed E-state index contributed by atoms with van der Waals surface area (Å²) in [6.45, 7) is 5.09. The summed E-state index contributed by atoms with van der Waals surface area (Å²) in [5, 5.41) is 2.75. The molecule has 3 amide bonds. The number of hydrogen-bond donors (Lipinski definition) is 1. The summed E-state index contributed by atoms with van der Waals surface area (Å²) in [6, 6.07) is 4.77. The number of hydrogen-bond acceptors (Lipinski definition) is 6. The van der Waals surface area contributed by atoms with Gasteiger partial charge in [-0.05, 0) is 31.9 Å². The van der Waals surface area contributed by atoms with Gasteiger partial charge < -0.3 is 29.3 Å². The van der Waals surface area contributed by atoms with Crippen LogP contribution in [0.1, 0.15) is 49.9 Å². The molecular formula is C26H39N3O6. The van der Waals surface area contributed by atoms with E-state index in [0.29, 0.717) is 30.1 Å². The first-order valence-electron chi connectivity index (χ1n) is 12.4. The van der Waals surface area contributed by atoms with Gasteiger partial charge in [-0.15, -0.1) is 0 Å². The van der Waals surface area contributed by atoms with Crippen molar-refractivity contribution in [1.29, 1.82) is 0 Å². The lowest BCUT2D eigenvalue weighted by Gasteiger charge is -2.37. The van der Waals surface area contributed by atoms with Crippen LogP contribution in [-0.2, 0) is 19.1 Å². The molecule has 0 radical (unpaired) electrons. The predicted octanol–water partition coefficient (Wildman–Crippen LogP) is 2.79. The van der Waals surface area contributed by atoms with Crippen LogP contribution in [0.4, 0.5) is 5.69 Å². The monoisotopic (exact) mass is 489 g/mol. The molecule has 1 aromatic carbocycles. The minimum atomic E-state index is -0.303. The molecule has 1 heterocycles. The molecular weight excluding hydrogens is 450 g/mol. The zero-order chi connectivity index (χ0) is 25.5. The standard InChI is InChI=1S/C26H39N3O6/c1-17-13-29(25(31)19-8-6-7-9-19)18(2)15-35-22-12-20(27-24(30)16-33-4)10-11-21(22)26(32)28(3)14-23(17)34-5/h10-12,17-19,23H,6-9,13-16H2,1-5H3,(H,27,30)/t17-,18+,23+/m1/s1. The van der Waals surface area contributed by atoms with E-state index < -0.39 is 0 Å². The van der Waals surface area contributed by atoms with Crippen LogP contribution >= 0.6 is 0 Å². The van der Waals surface area contributed by atoms with Crippen molar-refractivity contribution in [3.63, 3.8) is 0 Å². The van der Waals surface area contributed by atoms with Gasteiger partial charge in [0, 0.05) is 57.9 Å². The molecule has 35 heavy (non-hydrogen) atoms. The quantitative estimate of drug-likeness (QED) is 0.683. The van der Waals surface area contributed by atoms with E-state index in [0.717, 1.165) is 25.7 Å². The van der Waals surface area contributed by atoms with E-state index in [9.17, 15) is 14.4 Å². The van der Waals surface area contributed by atoms with Crippen molar-refractivity contribution in [2.45, 2.75) is 51.7 Å². The summed E-state index contributed by atoms with van der Waals surface area (Å²) in [7, 11) is 4.82. The number of likely N-dealkylation sites (N-methyl/N-ethyl adjacent to an activating group) is 1. The van der Waals surface area contributed by atoms with Gasteiger partial charge in [-0.2, -0.15) is 0 Å². The Morgan fingerprint density at radius 2 is 1.86 bits per heavy atom. The number of ether oxygens (including phenoxy) is 3. The van der Waals surface area contributed by atoms with Gasteiger partial charge in [0.1, 0.15) is 19.0 Å². The van der Waals surface area contributed by atoms with Crippen molar-refractivity contribution < 1.29 is 28.6 Å². The van der Waals surface area contributed by atoms with Gasteiger partial charge in [0.2, 0.25) is 11.8 Å². The fraction of sp³-hybridized carbons (Fsp3) is 0.654. The van der Waals surface area contributed by atoms with Crippen LogP contribution in [0.3, 0.4) is 0 Å². The molecule has 0 bridgehead atoms. The highest BCUT2D eigenvalue weighted by Gasteiger charge is 2.34. The maximum atomic E-state index is 13.5.